The summed E-state index contributed by atoms with van der Waals surface area (Å²) in [6.07, 6.45) is 1.23. The summed E-state index contributed by atoms with van der Waals surface area (Å²) in [7, 11) is 0. The van der Waals surface area contributed by atoms with Gasteiger partial charge in [0, 0.05) is 11.0 Å². The Balaban J connectivity index is 2.39. The third-order valence-electron chi connectivity index (χ3n) is 4.32. The molecule has 0 aromatic heterocycles. The summed E-state index contributed by atoms with van der Waals surface area (Å²) in [5.74, 6) is -0.0622. The zero-order chi connectivity index (χ0) is 15.6. The first-order chi connectivity index (χ1) is 9.94. The highest BCUT2D eigenvalue weighted by atomic mass is 79.9. The predicted molar refractivity (Wildman–Crippen MR) is 85.6 cm³/mol. The van der Waals surface area contributed by atoms with Crippen molar-refractivity contribution in [3.05, 3.63) is 34.3 Å². The van der Waals surface area contributed by atoms with E-state index in [4.69, 9.17) is 0 Å². The van der Waals surface area contributed by atoms with Crippen molar-refractivity contribution in [2.75, 3.05) is 0 Å². The summed E-state index contributed by atoms with van der Waals surface area (Å²) in [4.78, 5) is 26.8. The standard InChI is InChI=1S/C16H21BrN2O2/c1-4-16(5-2)15(21)18-11(3)14(20)19(16)10-12-7-6-8-13(17)9-12/h6-9,11H,4-5,10H2,1-3H3,(H,18,21). The number of hydrogen-bond donors (Lipinski definition) is 1. The second-order valence-electron chi connectivity index (χ2n) is 5.49. The molecule has 0 aliphatic carbocycles. The van der Waals surface area contributed by atoms with E-state index in [1.165, 1.54) is 0 Å². The number of nitrogens with zero attached hydrogens (tertiary/aromatic N) is 1. The van der Waals surface area contributed by atoms with E-state index in [0.29, 0.717) is 19.4 Å². The van der Waals surface area contributed by atoms with Crippen LogP contribution in [0.15, 0.2) is 28.7 Å². The SMILES string of the molecule is CCC1(CC)C(=O)NC(C)C(=O)N1Cc1cccc(Br)c1. The van der Waals surface area contributed by atoms with Crippen LogP contribution in [-0.2, 0) is 16.1 Å². The number of nitrogens with one attached hydrogen (secondary N) is 1. The predicted octanol–water partition coefficient (Wildman–Crippen LogP) is 2.85. The molecule has 0 saturated carbocycles. The zero-order valence-electron chi connectivity index (χ0n) is 12.6. The fourth-order valence-electron chi connectivity index (χ4n) is 2.96. The van der Waals surface area contributed by atoms with Gasteiger partial charge in [-0.15, -0.1) is 0 Å². The summed E-state index contributed by atoms with van der Waals surface area (Å²) in [6.45, 7) is 6.11. The maximum Gasteiger partial charge on any atom is 0.246 e. The number of rotatable bonds is 4. The monoisotopic (exact) mass is 352 g/mol. The maximum atomic E-state index is 12.6. The van der Waals surface area contributed by atoms with E-state index in [0.717, 1.165) is 10.0 Å². The third-order valence-corrected chi connectivity index (χ3v) is 4.82. The van der Waals surface area contributed by atoms with Gasteiger partial charge in [0.2, 0.25) is 11.8 Å². The van der Waals surface area contributed by atoms with Gasteiger partial charge in [-0.2, -0.15) is 0 Å². The van der Waals surface area contributed by atoms with Gasteiger partial charge >= 0.3 is 0 Å². The van der Waals surface area contributed by atoms with Gasteiger partial charge < -0.3 is 10.2 Å². The molecule has 0 bridgehead atoms. The van der Waals surface area contributed by atoms with Crippen molar-refractivity contribution in [2.24, 2.45) is 0 Å². The topological polar surface area (TPSA) is 49.4 Å². The van der Waals surface area contributed by atoms with Crippen molar-refractivity contribution in [1.82, 2.24) is 10.2 Å². The van der Waals surface area contributed by atoms with Gasteiger partial charge in [-0.25, -0.2) is 0 Å². The Morgan fingerprint density at radius 1 is 1.29 bits per heavy atom. The number of carbonyl (C=O) groups is 2. The summed E-state index contributed by atoms with van der Waals surface area (Å²) in [5.41, 5.74) is 0.275. The molecule has 1 saturated heterocycles. The lowest BCUT2D eigenvalue weighted by atomic mass is 9.85. The summed E-state index contributed by atoms with van der Waals surface area (Å²) in [5, 5.41) is 2.81. The first-order valence-corrected chi connectivity index (χ1v) is 8.10. The van der Waals surface area contributed by atoms with Crippen LogP contribution in [0.2, 0.25) is 0 Å². The first kappa shape index (κ1) is 16.0. The van der Waals surface area contributed by atoms with Crippen LogP contribution in [0.1, 0.15) is 39.2 Å². The highest BCUT2D eigenvalue weighted by Gasteiger charge is 2.48. The third kappa shape index (κ3) is 2.84. The van der Waals surface area contributed by atoms with E-state index >= 15 is 0 Å². The van der Waals surface area contributed by atoms with Gasteiger partial charge in [0.1, 0.15) is 11.6 Å². The molecule has 1 atom stereocenters. The normalized spacial score (nSPS) is 21.3. The lowest BCUT2D eigenvalue weighted by Gasteiger charge is -2.47. The average Bonchev–Trinajstić information content (AvgIpc) is 2.46. The Bertz CT molecular complexity index is 555. The maximum absolute atomic E-state index is 12.6. The molecular formula is C16H21BrN2O2. The van der Waals surface area contributed by atoms with Crippen molar-refractivity contribution in [3.8, 4) is 0 Å². The van der Waals surface area contributed by atoms with Gasteiger partial charge in [-0.1, -0.05) is 41.9 Å². The Morgan fingerprint density at radius 2 is 1.95 bits per heavy atom. The second-order valence-corrected chi connectivity index (χ2v) is 6.40. The van der Waals surface area contributed by atoms with Gasteiger partial charge in [-0.3, -0.25) is 9.59 Å². The lowest BCUT2D eigenvalue weighted by molar-refractivity contribution is -0.158. The Kier molecular flexibility index (Phi) is 4.71. The Morgan fingerprint density at radius 3 is 2.52 bits per heavy atom. The van der Waals surface area contributed by atoms with Crippen LogP contribution in [-0.4, -0.2) is 28.3 Å². The van der Waals surface area contributed by atoms with Gasteiger partial charge in [0.25, 0.3) is 0 Å². The number of hydrogen-bond acceptors (Lipinski definition) is 2. The average molecular weight is 353 g/mol. The van der Waals surface area contributed by atoms with E-state index in [1.807, 2.05) is 38.1 Å². The van der Waals surface area contributed by atoms with Crippen molar-refractivity contribution in [3.63, 3.8) is 0 Å². The van der Waals surface area contributed by atoms with Crippen LogP contribution in [0.5, 0.6) is 0 Å². The van der Waals surface area contributed by atoms with Crippen LogP contribution in [0.4, 0.5) is 0 Å². The summed E-state index contributed by atoms with van der Waals surface area (Å²) >= 11 is 3.45. The fourth-order valence-corrected chi connectivity index (χ4v) is 3.41. The Hall–Kier alpha value is -1.36. The molecule has 0 spiro atoms. The number of benzene rings is 1. The van der Waals surface area contributed by atoms with Crippen molar-refractivity contribution in [2.45, 2.75) is 51.7 Å². The van der Waals surface area contributed by atoms with Crippen LogP contribution in [0.3, 0.4) is 0 Å². The minimum Gasteiger partial charge on any atom is -0.343 e. The van der Waals surface area contributed by atoms with E-state index in [2.05, 4.69) is 21.2 Å². The number of piperazine rings is 1. The molecule has 1 aromatic carbocycles. The molecule has 4 nitrogen and oxygen atoms in total. The molecule has 2 rings (SSSR count). The number of carbonyl (C=O) groups excluding carboxylic acids is 2. The second kappa shape index (κ2) is 6.18. The molecule has 21 heavy (non-hydrogen) atoms. The molecule has 1 aromatic rings. The van der Waals surface area contributed by atoms with Crippen molar-refractivity contribution in [1.29, 1.82) is 0 Å². The summed E-state index contributed by atoms with van der Waals surface area (Å²) in [6, 6.07) is 7.39. The van der Waals surface area contributed by atoms with E-state index in [9.17, 15) is 9.59 Å². The van der Waals surface area contributed by atoms with Gasteiger partial charge in [-0.05, 0) is 37.5 Å². The smallest absolute Gasteiger partial charge is 0.246 e. The van der Waals surface area contributed by atoms with Crippen molar-refractivity contribution >= 4 is 27.7 Å². The van der Waals surface area contributed by atoms with Crippen LogP contribution < -0.4 is 5.32 Å². The van der Waals surface area contributed by atoms with E-state index in [-0.39, 0.29) is 11.8 Å². The largest absolute Gasteiger partial charge is 0.343 e. The molecular weight excluding hydrogens is 332 g/mol. The van der Waals surface area contributed by atoms with E-state index < -0.39 is 11.6 Å². The first-order valence-electron chi connectivity index (χ1n) is 7.31. The molecule has 5 heteroatoms. The van der Waals surface area contributed by atoms with Crippen LogP contribution in [0.25, 0.3) is 0 Å². The quantitative estimate of drug-likeness (QED) is 0.905. The summed E-state index contributed by atoms with van der Waals surface area (Å²) < 4.78 is 0.973. The molecule has 1 N–H and O–H groups in total. The minimum atomic E-state index is -0.744. The zero-order valence-corrected chi connectivity index (χ0v) is 14.2. The van der Waals surface area contributed by atoms with Crippen LogP contribution in [0, 0.1) is 0 Å². The fraction of sp³-hybridized carbons (Fsp3) is 0.500. The lowest BCUT2D eigenvalue weighted by Crippen LogP contribution is -2.69. The van der Waals surface area contributed by atoms with E-state index in [1.54, 1.807) is 11.8 Å². The highest BCUT2D eigenvalue weighted by Crippen LogP contribution is 2.30. The van der Waals surface area contributed by atoms with Crippen LogP contribution >= 0.6 is 15.9 Å². The molecule has 1 aliphatic heterocycles. The highest BCUT2D eigenvalue weighted by molar-refractivity contribution is 9.10. The van der Waals surface area contributed by atoms with Gasteiger partial charge in [0.15, 0.2) is 0 Å². The van der Waals surface area contributed by atoms with Crippen molar-refractivity contribution < 1.29 is 9.59 Å². The molecule has 1 heterocycles. The molecule has 1 unspecified atom stereocenters. The molecule has 1 aliphatic rings. The number of halogens is 1. The minimum absolute atomic E-state index is 0.0155. The molecule has 0 radical (unpaired) electrons. The van der Waals surface area contributed by atoms with Gasteiger partial charge in [0.05, 0.1) is 0 Å². The Labute approximate surface area is 134 Å². The molecule has 114 valence electrons. The number of amides is 2. The molecule has 1 fully saturated rings. The molecule has 2 amide bonds.